The van der Waals surface area contributed by atoms with Crippen LogP contribution in [-0.4, -0.2) is 39.8 Å². The minimum atomic E-state index is -0.820. The van der Waals surface area contributed by atoms with E-state index in [1.165, 1.54) is 0 Å². The molecule has 14 heavy (non-hydrogen) atoms. The van der Waals surface area contributed by atoms with Crippen molar-refractivity contribution in [3.8, 4) is 0 Å². The third-order valence-electron chi connectivity index (χ3n) is 2.35. The van der Waals surface area contributed by atoms with Crippen molar-refractivity contribution >= 4 is 5.97 Å². The van der Waals surface area contributed by atoms with Crippen LogP contribution in [0.5, 0.6) is 0 Å². The summed E-state index contributed by atoms with van der Waals surface area (Å²) in [5, 5.41) is 14.8. The summed E-state index contributed by atoms with van der Waals surface area (Å²) < 4.78 is 0. The molecular weight excluding hydrogens is 184 g/mol. The van der Waals surface area contributed by atoms with Gasteiger partial charge in [0.1, 0.15) is 6.04 Å². The van der Waals surface area contributed by atoms with Crippen molar-refractivity contribution in [3.05, 3.63) is 18.2 Å². The summed E-state index contributed by atoms with van der Waals surface area (Å²) >= 11 is 0. The van der Waals surface area contributed by atoms with Gasteiger partial charge >= 0.3 is 5.97 Å². The summed E-state index contributed by atoms with van der Waals surface area (Å²) in [7, 11) is 0. The third kappa shape index (κ3) is 1.75. The molecule has 1 aromatic heterocycles. The maximum absolute atomic E-state index is 10.8. The van der Waals surface area contributed by atoms with Crippen molar-refractivity contribution in [2.75, 3.05) is 6.67 Å². The Hall–Kier alpha value is -1.40. The van der Waals surface area contributed by atoms with Crippen LogP contribution in [0.15, 0.2) is 12.5 Å². The minimum Gasteiger partial charge on any atom is -0.480 e. The van der Waals surface area contributed by atoms with Crippen LogP contribution in [0, 0.1) is 0 Å². The van der Waals surface area contributed by atoms with E-state index in [1.807, 2.05) is 0 Å². The van der Waals surface area contributed by atoms with Crippen molar-refractivity contribution < 1.29 is 9.90 Å². The van der Waals surface area contributed by atoms with Gasteiger partial charge in [-0.05, 0) is 0 Å². The molecule has 1 aliphatic heterocycles. The second kappa shape index (κ2) is 3.77. The Labute approximate surface area is 80.7 Å². The molecule has 1 aromatic rings. The summed E-state index contributed by atoms with van der Waals surface area (Å²) in [6.45, 7) is 0.537. The lowest BCUT2D eigenvalue weighted by Crippen LogP contribution is -2.41. The van der Waals surface area contributed by atoms with Crippen LogP contribution in [0.4, 0.5) is 0 Å². The SMILES string of the molecule is O=C(O)C1NCNC1Cc1cnc[nH]1. The van der Waals surface area contributed by atoms with E-state index in [2.05, 4.69) is 20.6 Å². The molecule has 2 rings (SSSR count). The Morgan fingerprint density at radius 2 is 2.50 bits per heavy atom. The van der Waals surface area contributed by atoms with E-state index in [0.717, 1.165) is 5.69 Å². The predicted molar refractivity (Wildman–Crippen MR) is 48.6 cm³/mol. The standard InChI is InChI=1S/C8H12N4O2/c13-8(14)7-6(11-4-12-7)1-5-2-9-3-10-5/h2-3,6-7,11-12H,1,4H2,(H,9,10)(H,13,14). The lowest BCUT2D eigenvalue weighted by atomic mass is 10.1. The van der Waals surface area contributed by atoms with Crippen LogP contribution in [0.25, 0.3) is 0 Å². The number of aliphatic carboxylic acids is 1. The second-order valence-corrected chi connectivity index (χ2v) is 3.29. The summed E-state index contributed by atoms with van der Waals surface area (Å²) in [6, 6.07) is -0.591. The van der Waals surface area contributed by atoms with Gasteiger partial charge in [-0.2, -0.15) is 0 Å². The van der Waals surface area contributed by atoms with Crippen molar-refractivity contribution in [1.82, 2.24) is 20.6 Å². The Balaban J connectivity index is 2.00. The molecule has 76 valence electrons. The number of carboxylic acids is 1. The first-order valence-corrected chi connectivity index (χ1v) is 4.44. The topological polar surface area (TPSA) is 90.0 Å². The molecule has 1 fully saturated rings. The first-order chi connectivity index (χ1) is 6.77. The summed E-state index contributed by atoms with van der Waals surface area (Å²) in [5.41, 5.74) is 0.942. The fraction of sp³-hybridized carbons (Fsp3) is 0.500. The van der Waals surface area contributed by atoms with E-state index in [0.29, 0.717) is 13.1 Å². The first kappa shape index (κ1) is 9.17. The quantitative estimate of drug-likeness (QED) is 0.494. The van der Waals surface area contributed by atoms with Crippen LogP contribution in [0.3, 0.4) is 0 Å². The molecule has 2 atom stereocenters. The number of imidazole rings is 1. The average Bonchev–Trinajstić information content (AvgIpc) is 2.75. The van der Waals surface area contributed by atoms with Gasteiger partial charge in [0, 0.05) is 31.0 Å². The van der Waals surface area contributed by atoms with Crippen LogP contribution in [0.2, 0.25) is 0 Å². The second-order valence-electron chi connectivity index (χ2n) is 3.29. The molecule has 6 nitrogen and oxygen atoms in total. The fourth-order valence-electron chi connectivity index (χ4n) is 1.64. The number of H-pyrrole nitrogens is 1. The van der Waals surface area contributed by atoms with E-state index in [4.69, 9.17) is 5.11 Å². The van der Waals surface area contributed by atoms with Gasteiger partial charge in [-0.15, -0.1) is 0 Å². The number of carbonyl (C=O) groups is 1. The lowest BCUT2D eigenvalue weighted by molar-refractivity contribution is -0.139. The summed E-state index contributed by atoms with van der Waals surface area (Å²) in [6.07, 6.45) is 3.94. The molecular formula is C8H12N4O2. The molecule has 6 heteroatoms. The molecule has 0 radical (unpaired) electrons. The monoisotopic (exact) mass is 196 g/mol. The number of nitrogens with one attached hydrogen (secondary N) is 3. The van der Waals surface area contributed by atoms with Crippen LogP contribution >= 0.6 is 0 Å². The largest absolute Gasteiger partial charge is 0.480 e. The molecule has 2 unspecified atom stereocenters. The lowest BCUT2D eigenvalue weighted by Gasteiger charge is -2.13. The number of hydrogen-bond acceptors (Lipinski definition) is 4. The normalized spacial score (nSPS) is 26.6. The van der Waals surface area contributed by atoms with Crippen LogP contribution in [0.1, 0.15) is 5.69 Å². The zero-order valence-corrected chi connectivity index (χ0v) is 7.53. The van der Waals surface area contributed by atoms with Gasteiger partial charge in [-0.25, -0.2) is 4.98 Å². The molecule has 0 bridgehead atoms. The number of nitrogens with zero attached hydrogens (tertiary/aromatic N) is 1. The molecule has 1 saturated heterocycles. The number of hydrogen-bond donors (Lipinski definition) is 4. The first-order valence-electron chi connectivity index (χ1n) is 4.44. The number of aromatic nitrogens is 2. The Morgan fingerprint density at radius 3 is 3.14 bits per heavy atom. The van der Waals surface area contributed by atoms with E-state index in [9.17, 15) is 4.79 Å². The van der Waals surface area contributed by atoms with Gasteiger partial charge in [0.25, 0.3) is 0 Å². The average molecular weight is 196 g/mol. The zero-order chi connectivity index (χ0) is 9.97. The van der Waals surface area contributed by atoms with Gasteiger partial charge in [0.05, 0.1) is 6.33 Å². The molecule has 1 aliphatic rings. The highest BCUT2D eigenvalue weighted by Gasteiger charge is 2.32. The van der Waals surface area contributed by atoms with Crippen LogP contribution < -0.4 is 10.6 Å². The highest BCUT2D eigenvalue weighted by Crippen LogP contribution is 2.06. The molecule has 0 saturated carbocycles. The van der Waals surface area contributed by atoms with Crippen molar-refractivity contribution in [1.29, 1.82) is 0 Å². The van der Waals surface area contributed by atoms with Crippen LogP contribution in [-0.2, 0) is 11.2 Å². The molecule has 0 amide bonds. The minimum absolute atomic E-state index is 0.0760. The number of aromatic amines is 1. The van der Waals surface area contributed by atoms with Gasteiger partial charge in [-0.1, -0.05) is 0 Å². The van der Waals surface area contributed by atoms with E-state index in [-0.39, 0.29) is 6.04 Å². The number of carboxylic acid groups (broad SMARTS) is 1. The highest BCUT2D eigenvalue weighted by atomic mass is 16.4. The van der Waals surface area contributed by atoms with Gasteiger partial charge in [0.15, 0.2) is 0 Å². The zero-order valence-electron chi connectivity index (χ0n) is 7.53. The van der Waals surface area contributed by atoms with E-state index >= 15 is 0 Å². The molecule has 0 spiro atoms. The molecule has 4 N–H and O–H groups in total. The smallest absolute Gasteiger partial charge is 0.322 e. The van der Waals surface area contributed by atoms with Crippen molar-refractivity contribution in [3.63, 3.8) is 0 Å². The van der Waals surface area contributed by atoms with Gasteiger partial charge < -0.3 is 10.1 Å². The Bertz CT molecular complexity index is 311. The highest BCUT2D eigenvalue weighted by molar-refractivity contribution is 5.75. The van der Waals surface area contributed by atoms with Crippen molar-refractivity contribution in [2.24, 2.45) is 0 Å². The molecule has 0 aliphatic carbocycles. The Morgan fingerprint density at radius 1 is 1.64 bits per heavy atom. The predicted octanol–water partition coefficient (Wildman–Crippen LogP) is -1.08. The third-order valence-corrected chi connectivity index (χ3v) is 2.35. The number of rotatable bonds is 3. The maximum atomic E-state index is 10.8. The van der Waals surface area contributed by atoms with Gasteiger partial charge in [-0.3, -0.25) is 15.4 Å². The Kier molecular flexibility index (Phi) is 2.47. The van der Waals surface area contributed by atoms with E-state index < -0.39 is 12.0 Å². The summed E-state index contributed by atoms with van der Waals surface area (Å²) in [5.74, 6) is -0.820. The van der Waals surface area contributed by atoms with Crippen molar-refractivity contribution in [2.45, 2.75) is 18.5 Å². The van der Waals surface area contributed by atoms with Gasteiger partial charge in [0.2, 0.25) is 0 Å². The molecule has 2 heterocycles. The molecule has 0 aromatic carbocycles. The maximum Gasteiger partial charge on any atom is 0.322 e. The fourth-order valence-corrected chi connectivity index (χ4v) is 1.64. The summed E-state index contributed by atoms with van der Waals surface area (Å²) in [4.78, 5) is 17.6. The van der Waals surface area contributed by atoms with E-state index in [1.54, 1.807) is 12.5 Å².